The van der Waals surface area contributed by atoms with Gasteiger partial charge in [-0.25, -0.2) is 4.39 Å². The minimum atomic E-state index is -0.811. The number of halogens is 3. The van der Waals surface area contributed by atoms with Crippen molar-refractivity contribution in [2.24, 2.45) is 5.41 Å². The average Bonchev–Trinajstić information content (AvgIpc) is 4.11. The molecule has 6 aliphatic heterocycles. The van der Waals surface area contributed by atoms with Crippen LogP contribution in [0.5, 0.6) is 5.75 Å². The number of methoxy groups -OCH3 is 1. The first-order valence-electron chi connectivity index (χ1n) is 25.6. The second-order valence-corrected chi connectivity index (χ2v) is 23.3. The van der Waals surface area contributed by atoms with Crippen molar-refractivity contribution in [2.45, 2.75) is 139 Å². The molecule has 5 fully saturated rings. The molecule has 0 aromatic heterocycles. The van der Waals surface area contributed by atoms with Crippen LogP contribution >= 0.6 is 23.2 Å². The lowest BCUT2D eigenvalue weighted by molar-refractivity contribution is -0.137. The number of hydrogen-bond acceptors (Lipinski definition) is 9. The Bertz CT molecular complexity index is 2800. The molecule has 4 N–H and O–H groups in total. The molecule has 374 valence electrons. The zero-order valence-electron chi connectivity index (χ0n) is 41.0. The van der Waals surface area contributed by atoms with E-state index >= 15 is 4.39 Å². The first kappa shape index (κ1) is 48.2. The van der Waals surface area contributed by atoms with Crippen LogP contribution in [0.25, 0.3) is 0 Å². The van der Waals surface area contributed by atoms with E-state index in [2.05, 4.69) is 76.1 Å². The predicted molar refractivity (Wildman–Crippen MR) is 274 cm³/mol. The highest BCUT2D eigenvalue weighted by Crippen LogP contribution is 2.57. The average molecular weight is 1010 g/mol. The van der Waals surface area contributed by atoms with Gasteiger partial charge in [0.05, 0.1) is 23.9 Å². The number of carbonyl (C=O) groups is 4. The molecular formula is C56H64Cl2FN7O5. The summed E-state index contributed by atoms with van der Waals surface area (Å²) < 4.78 is 22.4. The number of nitrogens with zero attached hydrogens (tertiary/aromatic N) is 3. The van der Waals surface area contributed by atoms with Gasteiger partial charge in [0.15, 0.2) is 0 Å². The Kier molecular flexibility index (Phi) is 12.8. The number of hydrogen-bond donors (Lipinski definition) is 4. The SMILES string of the molecule is COc1cc([C@H]2CCCN(C3CC(N4CCC[C@H]4c4ccc5c(c4)CN(C4CCC(=O)NC4=O)C5=O)C3)C2)ccc1NC(=O)[C@@H]1N[C@@H](CC(C)(C)C)[C@@]2(CNc3cc(Cl)ccc32)[C@H]1c1cccc(Cl)c1F. The van der Waals surface area contributed by atoms with Crippen molar-refractivity contribution in [3.05, 3.63) is 122 Å². The van der Waals surface area contributed by atoms with Crippen LogP contribution in [-0.2, 0) is 26.3 Å². The van der Waals surface area contributed by atoms with Crippen molar-refractivity contribution in [3.8, 4) is 5.75 Å². The molecule has 0 radical (unpaired) electrons. The molecule has 4 aromatic rings. The number of imide groups is 1. The van der Waals surface area contributed by atoms with Gasteiger partial charge in [-0.15, -0.1) is 0 Å². The lowest BCUT2D eigenvalue weighted by Gasteiger charge is -2.50. The fourth-order valence-corrected chi connectivity index (χ4v) is 14.0. The Morgan fingerprint density at radius 2 is 1.72 bits per heavy atom. The number of benzene rings is 4. The summed E-state index contributed by atoms with van der Waals surface area (Å²) in [6, 6.07) is 23.0. The number of likely N-dealkylation sites (tertiary alicyclic amines) is 2. The maximum Gasteiger partial charge on any atom is 0.255 e. The summed E-state index contributed by atoms with van der Waals surface area (Å²) in [4.78, 5) is 59.7. The molecule has 71 heavy (non-hydrogen) atoms. The molecule has 4 aromatic carbocycles. The highest BCUT2D eigenvalue weighted by atomic mass is 35.5. The largest absolute Gasteiger partial charge is 0.495 e. The van der Waals surface area contributed by atoms with Crippen LogP contribution in [0.15, 0.2) is 72.8 Å². The first-order valence-corrected chi connectivity index (χ1v) is 26.4. The second kappa shape index (κ2) is 18.8. The van der Waals surface area contributed by atoms with Crippen LogP contribution in [0.3, 0.4) is 0 Å². The van der Waals surface area contributed by atoms with Crippen molar-refractivity contribution in [1.82, 2.24) is 25.3 Å². The quantitative estimate of drug-likeness (QED) is 0.115. The van der Waals surface area contributed by atoms with Gasteiger partial charge in [0.1, 0.15) is 17.6 Å². The summed E-state index contributed by atoms with van der Waals surface area (Å²) in [7, 11) is 1.64. The predicted octanol–water partition coefficient (Wildman–Crippen LogP) is 9.31. The highest BCUT2D eigenvalue weighted by Gasteiger charge is 2.62. The molecule has 1 unspecified atom stereocenters. The number of ether oxygens (including phenoxy) is 1. The molecule has 1 saturated carbocycles. The van der Waals surface area contributed by atoms with Crippen LogP contribution < -0.4 is 26.0 Å². The van der Waals surface area contributed by atoms with E-state index in [4.69, 9.17) is 27.9 Å². The highest BCUT2D eigenvalue weighted by molar-refractivity contribution is 6.31. The van der Waals surface area contributed by atoms with E-state index in [1.165, 1.54) is 11.1 Å². The standard InChI is InChI=1S/C56H64Cl2FN7O5/c1-55(2,3)27-47-56(30-60-43-24-35(57)14-16-40(43)56)49(39-9-5-10-41(58)50(39)59)51(62-47)53(69)61-42-17-13-31(23-46(42)71-4)33-8-6-20-64(28-33)36-25-37(26-36)65-21-7-11-44(65)32-12-15-38-34(22-32)29-66(54(38)70)45-18-19-48(67)63-52(45)68/h5,9-10,12-17,22-24,33,36-37,44-45,47,49,51,60,62H,6-8,11,18-21,25-30H2,1-4H3,(H,61,69)(H,63,67,68)/t33-,36?,37?,44-,45?,47-,49-,51+,56-/m0/s1. The third kappa shape index (κ3) is 8.70. The second-order valence-electron chi connectivity index (χ2n) is 22.4. The number of anilines is 2. The summed E-state index contributed by atoms with van der Waals surface area (Å²) in [5, 5.41) is 13.6. The molecule has 1 aliphatic carbocycles. The molecular weight excluding hydrogens is 941 g/mol. The van der Waals surface area contributed by atoms with Gasteiger partial charge in [-0.1, -0.05) is 80.4 Å². The van der Waals surface area contributed by atoms with E-state index in [0.717, 1.165) is 81.4 Å². The summed E-state index contributed by atoms with van der Waals surface area (Å²) >= 11 is 13.0. The Labute approximate surface area is 425 Å². The number of rotatable bonds is 10. The summed E-state index contributed by atoms with van der Waals surface area (Å²) in [5.74, 6) is -1.31. The summed E-state index contributed by atoms with van der Waals surface area (Å²) in [5.41, 5.74) is 6.07. The summed E-state index contributed by atoms with van der Waals surface area (Å²) in [6.45, 7) is 10.5. The van der Waals surface area contributed by atoms with Crippen molar-refractivity contribution in [1.29, 1.82) is 0 Å². The van der Waals surface area contributed by atoms with E-state index in [0.29, 0.717) is 71.1 Å². The maximum atomic E-state index is 16.4. The molecule has 1 spiro atoms. The van der Waals surface area contributed by atoms with Gasteiger partial charge in [0.25, 0.3) is 5.91 Å². The van der Waals surface area contributed by atoms with Gasteiger partial charge in [-0.2, -0.15) is 0 Å². The molecule has 15 heteroatoms. The zero-order valence-corrected chi connectivity index (χ0v) is 42.5. The van der Waals surface area contributed by atoms with E-state index < -0.39 is 29.2 Å². The van der Waals surface area contributed by atoms with Crippen molar-refractivity contribution < 1.29 is 28.3 Å². The van der Waals surface area contributed by atoms with Gasteiger partial charge in [-0.05, 0) is 140 Å². The van der Waals surface area contributed by atoms with Gasteiger partial charge in [-0.3, -0.25) is 34.3 Å². The van der Waals surface area contributed by atoms with Crippen LogP contribution in [-0.4, -0.2) is 102 Å². The van der Waals surface area contributed by atoms with E-state index in [-0.39, 0.29) is 46.5 Å². The smallest absolute Gasteiger partial charge is 0.255 e. The molecule has 7 aliphatic rings. The topological polar surface area (TPSA) is 135 Å². The van der Waals surface area contributed by atoms with Gasteiger partial charge in [0, 0.05) is 77.8 Å². The van der Waals surface area contributed by atoms with Crippen molar-refractivity contribution in [3.63, 3.8) is 0 Å². The third-order valence-corrected chi connectivity index (χ3v) is 17.6. The molecule has 11 rings (SSSR count). The monoisotopic (exact) mass is 1000 g/mol. The van der Waals surface area contributed by atoms with E-state index in [1.54, 1.807) is 30.2 Å². The fourth-order valence-electron chi connectivity index (χ4n) is 13.7. The number of carbonyl (C=O) groups excluding carboxylic acids is 4. The lowest BCUT2D eigenvalue weighted by Crippen LogP contribution is -2.55. The molecule has 12 nitrogen and oxygen atoms in total. The Morgan fingerprint density at radius 3 is 2.51 bits per heavy atom. The molecule has 6 heterocycles. The lowest BCUT2D eigenvalue weighted by atomic mass is 9.63. The maximum absolute atomic E-state index is 16.4. The number of piperidine rings is 2. The van der Waals surface area contributed by atoms with E-state index in [9.17, 15) is 19.2 Å². The zero-order chi connectivity index (χ0) is 49.5. The van der Waals surface area contributed by atoms with Crippen LogP contribution in [0.1, 0.15) is 135 Å². The number of nitrogens with one attached hydrogen (secondary N) is 4. The third-order valence-electron chi connectivity index (χ3n) is 17.1. The normalized spacial score (nSPS) is 29.7. The molecule has 7 atom stereocenters. The first-order chi connectivity index (χ1) is 34.1. The van der Waals surface area contributed by atoms with E-state index in [1.807, 2.05) is 30.3 Å². The number of amides is 4. The van der Waals surface area contributed by atoms with Gasteiger partial charge in [0.2, 0.25) is 17.7 Å². The van der Waals surface area contributed by atoms with Crippen LogP contribution in [0.2, 0.25) is 10.0 Å². The molecule has 4 amide bonds. The minimum absolute atomic E-state index is 0.0179. The van der Waals surface area contributed by atoms with Gasteiger partial charge < -0.3 is 25.6 Å². The Balaban J connectivity index is 0.767. The van der Waals surface area contributed by atoms with Crippen molar-refractivity contribution in [2.75, 3.05) is 43.9 Å². The molecule has 0 bridgehead atoms. The Hall–Kier alpha value is -5.05. The molecule has 4 saturated heterocycles. The Morgan fingerprint density at radius 1 is 0.915 bits per heavy atom. The van der Waals surface area contributed by atoms with Gasteiger partial charge >= 0.3 is 0 Å². The minimum Gasteiger partial charge on any atom is -0.495 e. The van der Waals surface area contributed by atoms with Crippen molar-refractivity contribution >= 4 is 58.2 Å². The summed E-state index contributed by atoms with van der Waals surface area (Å²) in [6.07, 6.45) is 7.93. The van der Waals surface area contributed by atoms with Crippen LogP contribution in [0.4, 0.5) is 15.8 Å². The van der Waals surface area contributed by atoms with Crippen LogP contribution in [0, 0.1) is 11.2 Å². The fraction of sp³-hybridized carbons (Fsp3) is 0.500. The number of fused-ring (bicyclic) bond motifs is 3.